The van der Waals surface area contributed by atoms with Crippen LogP contribution in [0.2, 0.25) is 0 Å². The first-order valence-corrected chi connectivity index (χ1v) is 9.23. The lowest BCUT2D eigenvalue weighted by Gasteiger charge is -2.39. The third-order valence-corrected chi connectivity index (χ3v) is 5.11. The first-order chi connectivity index (χ1) is 12.3. The standard InChI is InChI=1S/C19H25N5O2/c1-19(2,3)15-6-7-16(25)24(21-15)12-13-10-22(11-13)17-18(26)23(9-8-20-17)14-4-5-14/h6-9,13-14H,4-5,10-12H2,1-3H3. The molecule has 0 N–H and O–H groups in total. The Balaban J connectivity index is 1.46. The maximum Gasteiger partial charge on any atom is 0.293 e. The van der Waals surface area contributed by atoms with Crippen LogP contribution >= 0.6 is 0 Å². The molecule has 2 aliphatic rings. The molecule has 0 atom stereocenters. The van der Waals surface area contributed by atoms with Crippen molar-refractivity contribution >= 4 is 5.82 Å². The van der Waals surface area contributed by atoms with Crippen molar-refractivity contribution in [2.75, 3.05) is 18.0 Å². The number of hydrogen-bond donors (Lipinski definition) is 0. The molecule has 7 nitrogen and oxygen atoms in total. The summed E-state index contributed by atoms with van der Waals surface area (Å²) in [5.74, 6) is 0.825. The molecule has 2 aromatic rings. The van der Waals surface area contributed by atoms with E-state index in [1.165, 1.54) is 0 Å². The molecule has 1 saturated carbocycles. The van der Waals surface area contributed by atoms with Gasteiger partial charge in [-0.25, -0.2) is 9.67 Å². The molecule has 0 radical (unpaired) electrons. The van der Waals surface area contributed by atoms with Crippen molar-refractivity contribution in [2.24, 2.45) is 5.92 Å². The van der Waals surface area contributed by atoms with E-state index in [0.29, 0.717) is 24.3 Å². The smallest absolute Gasteiger partial charge is 0.293 e. The minimum Gasteiger partial charge on any atom is -0.351 e. The molecule has 4 rings (SSSR count). The first-order valence-electron chi connectivity index (χ1n) is 9.23. The predicted octanol–water partition coefficient (Wildman–Crippen LogP) is 1.57. The van der Waals surface area contributed by atoms with Crippen molar-refractivity contribution < 1.29 is 0 Å². The van der Waals surface area contributed by atoms with E-state index in [-0.39, 0.29) is 16.5 Å². The van der Waals surface area contributed by atoms with E-state index < -0.39 is 0 Å². The van der Waals surface area contributed by atoms with Crippen LogP contribution in [0, 0.1) is 5.92 Å². The molecule has 2 aromatic heterocycles. The average molecular weight is 355 g/mol. The van der Waals surface area contributed by atoms with Gasteiger partial charge in [0.05, 0.1) is 12.2 Å². The molecule has 1 aliphatic carbocycles. The Bertz CT molecular complexity index is 930. The highest BCUT2D eigenvalue weighted by molar-refractivity contribution is 5.39. The van der Waals surface area contributed by atoms with Crippen molar-refractivity contribution in [3.05, 3.63) is 50.9 Å². The van der Waals surface area contributed by atoms with E-state index in [4.69, 9.17) is 0 Å². The first kappa shape index (κ1) is 17.0. The molecule has 0 bridgehead atoms. The lowest BCUT2D eigenvalue weighted by molar-refractivity contribution is 0.326. The van der Waals surface area contributed by atoms with Gasteiger partial charge in [0.1, 0.15) is 0 Å². The third kappa shape index (κ3) is 3.18. The highest BCUT2D eigenvalue weighted by Crippen LogP contribution is 2.33. The summed E-state index contributed by atoms with van der Waals surface area (Å²) in [7, 11) is 0. The lowest BCUT2D eigenvalue weighted by Crippen LogP contribution is -2.52. The topological polar surface area (TPSA) is 73.0 Å². The van der Waals surface area contributed by atoms with Gasteiger partial charge in [-0.05, 0) is 18.9 Å². The van der Waals surface area contributed by atoms with Crippen molar-refractivity contribution in [3.8, 4) is 0 Å². The Labute approximate surface area is 152 Å². The summed E-state index contributed by atoms with van der Waals surface area (Å²) in [4.78, 5) is 31.0. The van der Waals surface area contributed by atoms with E-state index >= 15 is 0 Å². The van der Waals surface area contributed by atoms with E-state index in [1.807, 2.05) is 4.90 Å². The van der Waals surface area contributed by atoms with Crippen LogP contribution in [0.3, 0.4) is 0 Å². The molecule has 0 spiro atoms. The minimum atomic E-state index is -0.0943. The van der Waals surface area contributed by atoms with Crippen molar-refractivity contribution in [2.45, 2.75) is 51.6 Å². The fourth-order valence-electron chi connectivity index (χ4n) is 3.35. The molecule has 3 heterocycles. The van der Waals surface area contributed by atoms with Crippen molar-refractivity contribution in [1.29, 1.82) is 0 Å². The highest BCUT2D eigenvalue weighted by Gasteiger charge is 2.32. The fraction of sp³-hybridized carbons (Fsp3) is 0.579. The third-order valence-electron chi connectivity index (χ3n) is 5.11. The summed E-state index contributed by atoms with van der Waals surface area (Å²) < 4.78 is 3.36. The van der Waals surface area contributed by atoms with Gasteiger partial charge in [-0.1, -0.05) is 20.8 Å². The lowest BCUT2D eigenvalue weighted by atomic mass is 9.92. The van der Waals surface area contributed by atoms with Gasteiger partial charge in [0, 0.05) is 48.9 Å². The largest absolute Gasteiger partial charge is 0.351 e. The van der Waals surface area contributed by atoms with Gasteiger partial charge in [0.25, 0.3) is 11.1 Å². The van der Waals surface area contributed by atoms with Crippen LogP contribution in [0.4, 0.5) is 5.82 Å². The van der Waals surface area contributed by atoms with Crippen LogP contribution in [0.1, 0.15) is 45.3 Å². The monoisotopic (exact) mass is 355 g/mol. The van der Waals surface area contributed by atoms with Crippen LogP contribution in [0.5, 0.6) is 0 Å². The number of hydrogen-bond acceptors (Lipinski definition) is 5. The zero-order valence-corrected chi connectivity index (χ0v) is 15.6. The Kier molecular flexibility index (Phi) is 3.97. The van der Waals surface area contributed by atoms with Crippen molar-refractivity contribution in [1.82, 2.24) is 19.3 Å². The Hall–Kier alpha value is -2.44. The zero-order valence-electron chi connectivity index (χ0n) is 15.6. The van der Waals surface area contributed by atoms with Crippen LogP contribution in [0.15, 0.2) is 34.1 Å². The summed E-state index contributed by atoms with van der Waals surface area (Å²) in [6, 6.07) is 3.75. The summed E-state index contributed by atoms with van der Waals surface area (Å²) >= 11 is 0. The number of aromatic nitrogens is 4. The molecular formula is C19H25N5O2. The van der Waals surface area contributed by atoms with Gasteiger partial charge in [0.2, 0.25) is 0 Å². The second kappa shape index (κ2) is 6.07. The maximum atomic E-state index is 12.5. The molecule has 0 aromatic carbocycles. The second-order valence-electron chi connectivity index (χ2n) is 8.45. The molecule has 2 fully saturated rings. The molecule has 0 amide bonds. The SMILES string of the molecule is CC(C)(C)c1ccc(=O)n(CC2CN(c3nccn(C4CC4)c3=O)C2)n1. The number of nitrogens with zero attached hydrogens (tertiary/aromatic N) is 5. The molecular weight excluding hydrogens is 330 g/mol. The summed E-state index contributed by atoms with van der Waals surface area (Å²) in [5.41, 5.74) is 0.734. The number of anilines is 1. The Morgan fingerprint density at radius 1 is 1.15 bits per heavy atom. The fourth-order valence-corrected chi connectivity index (χ4v) is 3.35. The summed E-state index contributed by atoms with van der Waals surface area (Å²) in [5, 5.41) is 4.53. The van der Waals surface area contributed by atoms with E-state index in [1.54, 1.807) is 33.8 Å². The normalized spacial score (nSPS) is 18.0. The van der Waals surface area contributed by atoms with Gasteiger partial charge in [-0.2, -0.15) is 5.10 Å². The Morgan fingerprint density at radius 3 is 2.54 bits per heavy atom. The maximum absolute atomic E-state index is 12.5. The molecule has 7 heteroatoms. The summed E-state index contributed by atoms with van der Waals surface area (Å²) in [6.07, 6.45) is 5.64. The van der Waals surface area contributed by atoms with Gasteiger partial charge in [-0.3, -0.25) is 9.59 Å². The van der Waals surface area contributed by atoms with Crippen molar-refractivity contribution in [3.63, 3.8) is 0 Å². The zero-order chi connectivity index (χ0) is 18.5. The van der Waals surface area contributed by atoms with Gasteiger partial charge < -0.3 is 9.47 Å². The quantitative estimate of drug-likeness (QED) is 0.832. The molecule has 1 saturated heterocycles. The van der Waals surface area contributed by atoms with Gasteiger partial charge in [0.15, 0.2) is 5.82 Å². The average Bonchev–Trinajstić information content (AvgIpc) is 3.36. The molecule has 138 valence electrons. The van der Waals surface area contributed by atoms with Crippen LogP contribution in [-0.2, 0) is 12.0 Å². The van der Waals surface area contributed by atoms with E-state index in [9.17, 15) is 9.59 Å². The highest BCUT2D eigenvalue weighted by atomic mass is 16.1. The Morgan fingerprint density at radius 2 is 1.88 bits per heavy atom. The second-order valence-corrected chi connectivity index (χ2v) is 8.45. The number of rotatable bonds is 4. The van der Waals surface area contributed by atoms with Crippen LogP contribution in [-0.4, -0.2) is 32.4 Å². The molecule has 1 aliphatic heterocycles. The van der Waals surface area contributed by atoms with Gasteiger partial charge in [-0.15, -0.1) is 0 Å². The minimum absolute atomic E-state index is 0.00141. The van der Waals surface area contributed by atoms with Gasteiger partial charge >= 0.3 is 0 Å². The summed E-state index contributed by atoms with van der Waals surface area (Å²) in [6.45, 7) is 8.28. The predicted molar refractivity (Wildman–Crippen MR) is 99.7 cm³/mol. The van der Waals surface area contributed by atoms with E-state index in [2.05, 4.69) is 30.9 Å². The molecule has 0 unspecified atom stereocenters. The van der Waals surface area contributed by atoms with Crippen LogP contribution < -0.4 is 16.0 Å². The van der Waals surface area contributed by atoms with Crippen LogP contribution in [0.25, 0.3) is 0 Å². The molecule has 26 heavy (non-hydrogen) atoms. The van der Waals surface area contributed by atoms with E-state index in [0.717, 1.165) is 31.6 Å².